The van der Waals surface area contributed by atoms with Gasteiger partial charge in [0.25, 0.3) is 5.91 Å². The number of carbonyl (C=O) groups excluding carboxylic acids is 1. The third kappa shape index (κ3) is 3.00. The Hall–Kier alpha value is -4.38. The number of ether oxygens (including phenoxy) is 1. The summed E-state index contributed by atoms with van der Waals surface area (Å²) in [5, 5.41) is 21.2. The Kier molecular flexibility index (Phi) is 4.33. The molecule has 4 aromatic rings. The van der Waals surface area contributed by atoms with Crippen molar-refractivity contribution in [1.29, 1.82) is 5.26 Å². The van der Waals surface area contributed by atoms with Gasteiger partial charge >= 0.3 is 5.69 Å². The number of para-hydroxylation sites is 1. The molecule has 0 saturated carbocycles. The SMILES string of the molecule is COc1ccc(-c2ccc(C(=O)n3cc(C#N)c4ccccc43)o2)cc1[N+](=O)[O-]. The number of furan rings is 1. The van der Waals surface area contributed by atoms with E-state index in [1.165, 1.54) is 36.1 Å². The number of fused-ring (bicyclic) bond motifs is 1. The Bertz CT molecular complexity index is 1310. The molecule has 0 saturated heterocycles. The molecule has 4 rings (SSSR count). The van der Waals surface area contributed by atoms with E-state index in [0.717, 1.165) is 0 Å². The zero-order chi connectivity index (χ0) is 20.5. The van der Waals surface area contributed by atoms with Gasteiger partial charge in [0.05, 0.1) is 23.1 Å². The Morgan fingerprint density at radius 2 is 2.00 bits per heavy atom. The standard InChI is InChI=1S/C21H13N3O5/c1-28-19-7-6-13(10-17(19)24(26)27)18-8-9-20(29-18)21(25)23-12-14(11-22)15-4-2-3-5-16(15)23/h2-10,12H,1H3. The van der Waals surface area contributed by atoms with E-state index in [1.54, 1.807) is 36.4 Å². The number of nitriles is 1. The monoisotopic (exact) mass is 387 g/mol. The molecule has 0 aliphatic carbocycles. The van der Waals surface area contributed by atoms with E-state index in [4.69, 9.17) is 9.15 Å². The number of benzene rings is 2. The number of nitro benzene ring substituents is 1. The predicted octanol–water partition coefficient (Wildman–Crippen LogP) is 4.38. The molecule has 29 heavy (non-hydrogen) atoms. The highest BCUT2D eigenvalue weighted by Gasteiger charge is 2.21. The summed E-state index contributed by atoms with van der Waals surface area (Å²) in [7, 11) is 1.35. The third-order valence-corrected chi connectivity index (χ3v) is 4.53. The van der Waals surface area contributed by atoms with Gasteiger partial charge in [-0.15, -0.1) is 0 Å². The molecule has 0 radical (unpaired) electrons. The van der Waals surface area contributed by atoms with E-state index in [0.29, 0.717) is 27.8 Å². The fourth-order valence-corrected chi connectivity index (χ4v) is 3.15. The van der Waals surface area contributed by atoms with Gasteiger partial charge in [-0.2, -0.15) is 5.26 Å². The number of nitrogens with zero attached hydrogens (tertiary/aromatic N) is 3. The van der Waals surface area contributed by atoms with Crippen molar-refractivity contribution in [3.63, 3.8) is 0 Å². The van der Waals surface area contributed by atoms with Crippen molar-refractivity contribution in [2.24, 2.45) is 0 Å². The molecule has 2 aromatic carbocycles. The molecule has 0 atom stereocenters. The summed E-state index contributed by atoms with van der Waals surface area (Å²) in [4.78, 5) is 23.6. The largest absolute Gasteiger partial charge is 0.490 e. The van der Waals surface area contributed by atoms with Gasteiger partial charge in [0.1, 0.15) is 11.8 Å². The number of hydrogen-bond donors (Lipinski definition) is 0. The number of nitro groups is 1. The van der Waals surface area contributed by atoms with Crippen molar-refractivity contribution in [2.75, 3.05) is 7.11 Å². The molecule has 0 spiro atoms. The number of carbonyl (C=O) groups is 1. The van der Waals surface area contributed by atoms with Crippen molar-refractivity contribution in [3.8, 4) is 23.1 Å². The molecule has 2 aromatic heterocycles. The fourth-order valence-electron chi connectivity index (χ4n) is 3.15. The summed E-state index contributed by atoms with van der Waals surface area (Å²) in [5.74, 6) is 0.0289. The lowest BCUT2D eigenvalue weighted by Gasteiger charge is -2.04. The van der Waals surface area contributed by atoms with Gasteiger partial charge < -0.3 is 9.15 Å². The molecule has 0 unspecified atom stereocenters. The van der Waals surface area contributed by atoms with E-state index in [2.05, 4.69) is 6.07 Å². The predicted molar refractivity (Wildman–Crippen MR) is 104 cm³/mol. The Morgan fingerprint density at radius 1 is 1.21 bits per heavy atom. The first-order valence-corrected chi connectivity index (χ1v) is 8.51. The molecule has 0 fully saturated rings. The van der Waals surface area contributed by atoms with E-state index in [-0.39, 0.29) is 17.2 Å². The first-order chi connectivity index (χ1) is 14.0. The highest BCUT2D eigenvalue weighted by Crippen LogP contribution is 2.33. The van der Waals surface area contributed by atoms with Gasteiger partial charge in [0, 0.05) is 23.2 Å². The molecule has 0 bridgehead atoms. The van der Waals surface area contributed by atoms with Crippen LogP contribution in [0.25, 0.3) is 22.2 Å². The number of hydrogen-bond acceptors (Lipinski definition) is 6. The average molecular weight is 387 g/mol. The minimum atomic E-state index is -0.549. The molecule has 0 aliphatic rings. The summed E-state index contributed by atoms with van der Waals surface area (Å²) in [5.41, 5.74) is 1.20. The molecule has 0 aliphatic heterocycles. The van der Waals surface area contributed by atoms with Crippen LogP contribution in [0.4, 0.5) is 5.69 Å². The van der Waals surface area contributed by atoms with Gasteiger partial charge in [-0.1, -0.05) is 18.2 Å². The van der Waals surface area contributed by atoms with Crippen LogP contribution in [0, 0.1) is 21.4 Å². The summed E-state index contributed by atoms with van der Waals surface area (Å²) in [6.45, 7) is 0. The maximum Gasteiger partial charge on any atom is 0.311 e. The van der Waals surface area contributed by atoms with Crippen LogP contribution in [0.1, 0.15) is 16.1 Å². The topological polar surface area (TPSA) is 111 Å². The van der Waals surface area contributed by atoms with Gasteiger partial charge in [-0.05, 0) is 30.3 Å². The lowest BCUT2D eigenvalue weighted by atomic mass is 10.1. The highest BCUT2D eigenvalue weighted by atomic mass is 16.6. The Balaban J connectivity index is 1.74. The molecular weight excluding hydrogens is 374 g/mol. The average Bonchev–Trinajstić information content (AvgIpc) is 3.38. The first kappa shape index (κ1) is 18.0. The lowest BCUT2D eigenvalue weighted by Crippen LogP contribution is -2.09. The third-order valence-electron chi connectivity index (χ3n) is 4.53. The molecular formula is C21H13N3O5. The summed E-state index contributed by atoms with van der Waals surface area (Å²) in [6, 6.07) is 16.6. The van der Waals surface area contributed by atoms with Gasteiger partial charge in [-0.25, -0.2) is 0 Å². The van der Waals surface area contributed by atoms with Crippen LogP contribution in [-0.2, 0) is 0 Å². The van der Waals surface area contributed by atoms with Crippen molar-refractivity contribution < 1.29 is 18.9 Å². The van der Waals surface area contributed by atoms with Crippen molar-refractivity contribution in [1.82, 2.24) is 4.57 Å². The van der Waals surface area contributed by atoms with Gasteiger partial charge in [0.2, 0.25) is 0 Å². The van der Waals surface area contributed by atoms with Gasteiger partial charge in [0.15, 0.2) is 11.5 Å². The first-order valence-electron chi connectivity index (χ1n) is 8.51. The Morgan fingerprint density at radius 3 is 2.72 bits per heavy atom. The second kappa shape index (κ2) is 6.98. The second-order valence-electron chi connectivity index (χ2n) is 6.15. The molecule has 0 amide bonds. The zero-order valence-electron chi connectivity index (χ0n) is 15.2. The van der Waals surface area contributed by atoms with E-state index >= 15 is 0 Å². The smallest absolute Gasteiger partial charge is 0.311 e. The quantitative estimate of drug-likeness (QED) is 0.379. The van der Waals surface area contributed by atoms with Crippen molar-refractivity contribution in [3.05, 3.63) is 82.2 Å². The van der Waals surface area contributed by atoms with Crippen LogP contribution < -0.4 is 4.74 Å². The van der Waals surface area contributed by atoms with Crippen LogP contribution in [0.3, 0.4) is 0 Å². The van der Waals surface area contributed by atoms with Crippen LogP contribution in [-0.4, -0.2) is 22.5 Å². The number of methoxy groups -OCH3 is 1. The van der Waals surface area contributed by atoms with Crippen LogP contribution in [0.5, 0.6) is 5.75 Å². The van der Waals surface area contributed by atoms with E-state index in [9.17, 15) is 20.2 Å². The number of rotatable bonds is 4. The molecule has 142 valence electrons. The summed E-state index contributed by atoms with van der Waals surface area (Å²) >= 11 is 0. The fraction of sp³-hybridized carbons (Fsp3) is 0.0476. The van der Waals surface area contributed by atoms with E-state index in [1.807, 2.05) is 0 Å². The van der Waals surface area contributed by atoms with Crippen LogP contribution in [0.15, 0.2) is 65.2 Å². The minimum absolute atomic E-state index is 0.0451. The van der Waals surface area contributed by atoms with Crippen LogP contribution >= 0.6 is 0 Å². The van der Waals surface area contributed by atoms with Gasteiger partial charge in [-0.3, -0.25) is 19.5 Å². The Labute approximate surface area is 164 Å². The molecule has 8 heteroatoms. The summed E-state index contributed by atoms with van der Waals surface area (Å²) in [6.07, 6.45) is 1.47. The maximum absolute atomic E-state index is 12.9. The van der Waals surface area contributed by atoms with Crippen molar-refractivity contribution in [2.45, 2.75) is 0 Å². The molecule has 0 N–H and O–H groups in total. The maximum atomic E-state index is 12.9. The second-order valence-corrected chi connectivity index (χ2v) is 6.15. The lowest BCUT2D eigenvalue weighted by molar-refractivity contribution is -0.385. The summed E-state index contributed by atoms with van der Waals surface area (Å²) < 4.78 is 12.0. The highest BCUT2D eigenvalue weighted by molar-refractivity contribution is 6.02. The number of aromatic nitrogens is 1. The minimum Gasteiger partial charge on any atom is -0.490 e. The van der Waals surface area contributed by atoms with Crippen molar-refractivity contribution >= 4 is 22.5 Å². The van der Waals surface area contributed by atoms with E-state index < -0.39 is 10.8 Å². The molecule has 8 nitrogen and oxygen atoms in total. The van der Waals surface area contributed by atoms with Crippen LogP contribution in [0.2, 0.25) is 0 Å². The normalized spacial score (nSPS) is 10.6. The molecule has 2 heterocycles. The zero-order valence-corrected chi connectivity index (χ0v) is 15.2.